The Labute approximate surface area is 209 Å². The van der Waals surface area contributed by atoms with Gasteiger partial charge in [-0.15, -0.1) is 0 Å². The number of benzene rings is 2. The number of carbonyl (C=O) groups is 3. The van der Waals surface area contributed by atoms with Gasteiger partial charge >= 0.3 is 0 Å². The molecule has 9 heteroatoms. The van der Waals surface area contributed by atoms with E-state index in [0.717, 1.165) is 11.3 Å². The summed E-state index contributed by atoms with van der Waals surface area (Å²) in [6.45, 7) is 5.47. The molecule has 0 fully saturated rings. The second-order valence-corrected chi connectivity index (χ2v) is 9.90. The third kappa shape index (κ3) is 2.66. The molecule has 1 spiro atoms. The maximum absolute atomic E-state index is 14.4. The molecule has 0 radical (unpaired) electrons. The number of anilines is 2. The van der Waals surface area contributed by atoms with E-state index in [-0.39, 0.29) is 33.2 Å². The molecule has 1 atom stereocenters. The first-order valence-electron chi connectivity index (χ1n) is 11.6. The molecule has 0 N–H and O–H groups in total. The van der Waals surface area contributed by atoms with Crippen molar-refractivity contribution in [2.24, 2.45) is 0 Å². The topological polar surface area (TPSA) is 101 Å². The quantitative estimate of drug-likeness (QED) is 0.385. The van der Waals surface area contributed by atoms with E-state index >= 15 is 0 Å². The van der Waals surface area contributed by atoms with E-state index in [9.17, 15) is 19.2 Å². The van der Waals surface area contributed by atoms with Crippen molar-refractivity contribution in [1.29, 1.82) is 0 Å². The van der Waals surface area contributed by atoms with E-state index in [0.29, 0.717) is 34.8 Å². The van der Waals surface area contributed by atoms with Gasteiger partial charge in [0.15, 0.2) is 21.9 Å². The van der Waals surface area contributed by atoms with Crippen molar-refractivity contribution in [3.8, 4) is 0 Å². The van der Waals surface area contributed by atoms with Gasteiger partial charge in [0.05, 0.1) is 27.2 Å². The van der Waals surface area contributed by atoms with Crippen LogP contribution >= 0.6 is 11.3 Å². The lowest BCUT2D eigenvalue weighted by atomic mass is 9.84. The summed E-state index contributed by atoms with van der Waals surface area (Å²) >= 11 is 1.03. The number of aryl methyl sites for hydroxylation is 1. The van der Waals surface area contributed by atoms with Gasteiger partial charge in [-0.05, 0) is 31.5 Å². The van der Waals surface area contributed by atoms with Crippen LogP contribution in [0.4, 0.5) is 10.8 Å². The summed E-state index contributed by atoms with van der Waals surface area (Å²) in [5, 5.41) is 0.447. The van der Waals surface area contributed by atoms with Crippen LogP contribution in [0.25, 0.3) is 11.0 Å². The molecule has 0 aliphatic carbocycles. The monoisotopic (exact) mass is 499 g/mol. The number of hydrogen-bond acceptors (Lipinski definition) is 7. The molecule has 2 amide bonds. The van der Waals surface area contributed by atoms with Crippen molar-refractivity contribution in [3.05, 3.63) is 86.2 Å². The van der Waals surface area contributed by atoms with E-state index < -0.39 is 22.8 Å². The highest BCUT2D eigenvalue weighted by atomic mass is 32.1. The number of nitrogens with zero attached hydrogens (tertiary/aromatic N) is 3. The second kappa shape index (κ2) is 7.69. The van der Waals surface area contributed by atoms with Crippen LogP contribution in [0.15, 0.2) is 57.7 Å². The molecular weight excluding hydrogens is 478 g/mol. The highest BCUT2D eigenvalue weighted by molar-refractivity contribution is 7.17. The SMILES string of the molecule is CCCN1C(=O)C2(c3ccccc31)c1c(oc3ccccc3c1=O)C(=O)N2c1nc(C)c(C(C)=O)s1. The molecule has 0 saturated carbocycles. The summed E-state index contributed by atoms with van der Waals surface area (Å²) in [4.78, 5) is 62.6. The van der Waals surface area contributed by atoms with Crippen molar-refractivity contribution in [1.82, 2.24) is 4.98 Å². The van der Waals surface area contributed by atoms with Crippen LogP contribution in [0.2, 0.25) is 0 Å². The van der Waals surface area contributed by atoms with Crippen LogP contribution in [0.1, 0.15) is 57.3 Å². The minimum absolute atomic E-state index is 0.0144. The van der Waals surface area contributed by atoms with Crippen LogP contribution in [-0.2, 0) is 10.3 Å². The molecule has 2 aromatic heterocycles. The zero-order chi connectivity index (χ0) is 25.4. The maximum Gasteiger partial charge on any atom is 0.297 e. The first-order chi connectivity index (χ1) is 17.3. The lowest BCUT2D eigenvalue weighted by molar-refractivity contribution is -0.121. The fourth-order valence-electron chi connectivity index (χ4n) is 5.36. The Morgan fingerprint density at radius 2 is 1.81 bits per heavy atom. The Hall–Kier alpha value is -4.11. The number of ketones is 1. The normalized spacial score (nSPS) is 18.4. The van der Waals surface area contributed by atoms with Crippen molar-refractivity contribution < 1.29 is 18.8 Å². The number of Topliss-reactive ketones (excluding diaryl/α,β-unsaturated/α-hetero) is 1. The van der Waals surface area contributed by atoms with Gasteiger partial charge in [-0.25, -0.2) is 4.98 Å². The molecular formula is C27H21N3O5S. The van der Waals surface area contributed by atoms with Crippen LogP contribution in [0, 0.1) is 6.92 Å². The zero-order valence-electron chi connectivity index (χ0n) is 19.8. The predicted octanol–water partition coefficient (Wildman–Crippen LogP) is 4.42. The highest BCUT2D eigenvalue weighted by Gasteiger charge is 2.66. The van der Waals surface area contributed by atoms with Crippen molar-refractivity contribution in [3.63, 3.8) is 0 Å². The lowest BCUT2D eigenvalue weighted by Crippen LogP contribution is -2.53. The Kier molecular flexibility index (Phi) is 4.78. The average Bonchev–Trinajstić information content (AvgIpc) is 3.45. The number of para-hydroxylation sites is 2. The standard InChI is InChI=1S/C27H21N3O5S/c1-4-13-29-18-11-7-6-10-17(18)27(25(29)34)20-21(32)16-9-5-8-12-19(16)35-22(20)24(33)30(27)26-28-14(2)23(36-26)15(3)31/h5-12H,4,13H2,1-3H3. The van der Waals surface area contributed by atoms with Crippen molar-refractivity contribution in [2.45, 2.75) is 32.7 Å². The van der Waals surface area contributed by atoms with Crippen molar-refractivity contribution >= 4 is 50.7 Å². The average molecular weight is 500 g/mol. The summed E-state index contributed by atoms with van der Waals surface area (Å²) in [5.74, 6) is -1.44. The zero-order valence-corrected chi connectivity index (χ0v) is 20.6. The van der Waals surface area contributed by atoms with Gasteiger partial charge in [0, 0.05) is 19.0 Å². The summed E-state index contributed by atoms with van der Waals surface area (Å²) in [6.07, 6.45) is 0.675. The molecule has 4 aromatic rings. The Bertz CT molecular complexity index is 1690. The van der Waals surface area contributed by atoms with E-state index in [2.05, 4.69) is 4.98 Å². The summed E-state index contributed by atoms with van der Waals surface area (Å²) < 4.78 is 6.03. The number of aromatic nitrogens is 1. The Morgan fingerprint density at radius 1 is 1.08 bits per heavy atom. The highest BCUT2D eigenvalue weighted by Crippen LogP contribution is 2.54. The summed E-state index contributed by atoms with van der Waals surface area (Å²) in [6, 6.07) is 13.8. The molecule has 8 nitrogen and oxygen atoms in total. The molecule has 0 bridgehead atoms. The number of rotatable bonds is 4. The third-order valence-electron chi connectivity index (χ3n) is 6.78. The predicted molar refractivity (Wildman–Crippen MR) is 136 cm³/mol. The van der Waals surface area contributed by atoms with E-state index in [1.54, 1.807) is 48.2 Å². The molecule has 2 aliphatic heterocycles. The second-order valence-electron chi connectivity index (χ2n) is 8.92. The van der Waals surface area contributed by atoms with Gasteiger partial charge in [-0.2, -0.15) is 0 Å². The third-order valence-corrected chi connectivity index (χ3v) is 8.02. The number of thiazole rings is 1. The van der Waals surface area contributed by atoms with Crippen LogP contribution in [0.5, 0.6) is 0 Å². The van der Waals surface area contributed by atoms with Crippen LogP contribution < -0.4 is 15.2 Å². The minimum atomic E-state index is -1.79. The van der Waals surface area contributed by atoms with Gasteiger partial charge < -0.3 is 9.32 Å². The first kappa shape index (κ1) is 22.4. The maximum atomic E-state index is 14.4. The molecule has 2 aromatic carbocycles. The fourth-order valence-corrected chi connectivity index (χ4v) is 6.37. The van der Waals surface area contributed by atoms with Gasteiger partial charge in [0.1, 0.15) is 5.58 Å². The number of fused-ring (bicyclic) bond motifs is 5. The van der Waals surface area contributed by atoms with E-state index in [1.165, 1.54) is 11.8 Å². The van der Waals surface area contributed by atoms with Crippen LogP contribution in [-0.4, -0.2) is 29.1 Å². The van der Waals surface area contributed by atoms with E-state index in [1.807, 2.05) is 19.1 Å². The van der Waals surface area contributed by atoms with Gasteiger partial charge in [0.25, 0.3) is 11.8 Å². The minimum Gasteiger partial charge on any atom is -0.450 e. The molecule has 0 saturated heterocycles. The first-order valence-corrected chi connectivity index (χ1v) is 12.4. The molecule has 2 aliphatic rings. The summed E-state index contributed by atoms with van der Waals surface area (Å²) in [5.41, 5.74) is -0.395. The number of hydrogen-bond donors (Lipinski definition) is 0. The number of carbonyl (C=O) groups excluding carboxylic acids is 3. The van der Waals surface area contributed by atoms with E-state index in [4.69, 9.17) is 4.42 Å². The molecule has 180 valence electrons. The molecule has 6 rings (SSSR count). The molecule has 1 unspecified atom stereocenters. The van der Waals surface area contributed by atoms with Gasteiger partial charge in [-0.3, -0.25) is 24.1 Å². The Morgan fingerprint density at radius 3 is 2.53 bits per heavy atom. The van der Waals surface area contributed by atoms with Crippen LogP contribution in [0.3, 0.4) is 0 Å². The fraction of sp³-hybridized carbons (Fsp3) is 0.222. The number of amides is 2. The van der Waals surface area contributed by atoms with Gasteiger partial charge in [0.2, 0.25) is 5.76 Å². The van der Waals surface area contributed by atoms with Crippen molar-refractivity contribution in [2.75, 3.05) is 16.3 Å². The lowest BCUT2D eigenvalue weighted by Gasteiger charge is -2.32. The molecule has 36 heavy (non-hydrogen) atoms. The summed E-state index contributed by atoms with van der Waals surface area (Å²) in [7, 11) is 0. The van der Waals surface area contributed by atoms with Gasteiger partial charge in [-0.1, -0.05) is 48.6 Å². The smallest absolute Gasteiger partial charge is 0.297 e. The largest absolute Gasteiger partial charge is 0.450 e. The Balaban J connectivity index is 1.76. The molecule has 4 heterocycles.